The summed E-state index contributed by atoms with van der Waals surface area (Å²) in [6.45, 7) is 0.186. The van der Waals surface area contributed by atoms with Crippen LogP contribution in [0, 0.1) is 0 Å². The van der Waals surface area contributed by atoms with Gasteiger partial charge in [0.25, 0.3) is 0 Å². The highest BCUT2D eigenvalue weighted by atomic mass is 16.6. The summed E-state index contributed by atoms with van der Waals surface area (Å²) in [6.07, 6.45) is 0.983. The van der Waals surface area contributed by atoms with E-state index in [1.807, 2.05) is 66.7 Å². The molecule has 3 rings (SSSR count). The topological polar surface area (TPSA) is 55.8 Å². The highest BCUT2D eigenvalue weighted by molar-refractivity contribution is 5.78. The van der Waals surface area contributed by atoms with Crippen LogP contribution in [0.1, 0.15) is 11.1 Å². The van der Waals surface area contributed by atoms with E-state index in [1.54, 1.807) is 30.3 Å². The molecule has 0 bridgehead atoms. The van der Waals surface area contributed by atoms with Crippen molar-refractivity contribution in [2.45, 2.75) is 18.8 Å². The second-order valence-electron chi connectivity index (χ2n) is 6.21. The largest absolute Gasteiger partial charge is 0.425 e. The summed E-state index contributed by atoms with van der Waals surface area (Å²) in [6, 6.07) is 27.7. The SMILES string of the molecule is O=C(Oc1ccccc1)[C@H](OCc1ccccc1)[C@H](O)/C=C/c1ccccc1. The van der Waals surface area contributed by atoms with Crippen molar-refractivity contribution in [1.29, 1.82) is 0 Å². The van der Waals surface area contributed by atoms with Crippen LogP contribution in [0.5, 0.6) is 5.75 Å². The molecule has 0 aliphatic heterocycles. The molecule has 0 saturated carbocycles. The molecular weight excluding hydrogens is 352 g/mol. The lowest BCUT2D eigenvalue weighted by molar-refractivity contribution is -0.154. The second-order valence-corrected chi connectivity index (χ2v) is 6.21. The first-order valence-corrected chi connectivity index (χ1v) is 9.06. The summed E-state index contributed by atoms with van der Waals surface area (Å²) in [7, 11) is 0. The molecule has 1 N–H and O–H groups in total. The maximum Gasteiger partial charge on any atom is 0.343 e. The van der Waals surface area contributed by atoms with Gasteiger partial charge in [0, 0.05) is 0 Å². The standard InChI is InChI=1S/C24H22O4/c25-22(17-16-19-10-4-1-5-11-19)23(27-18-20-12-6-2-7-13-20)24(26)28-21-14-8-3-9-15-21/h1-17,22-23,25H,18H2/b17-16+/t22-,23-/m1/s1. The van der Waals surface area contributed by atoms with E-state index in [0.29, 0.717) is 5.75 Å². The lowest BCUT2D eigenvalue weighted by atomic mass is 10.1. The number of aliphatic hydroxyl groups excluding tert-OH is 1. The molecule has 0 unspecified atom stereocenters. The predicted octanol–water partition coefficient (Wildman–Crippen LogP) is 4.25. The summed E-state index contributed by atoms with van der Waals surface area (Å²) in [5.41, 5.74) is 1.82. The maximum absolute atomic E-state index is 12.6. The smallest absolute Gasteiger partial charge is 0.343 e. The minimum atomic E-state index is -1.15. The lowest BCUT2D eigenvalue weighted by Gasteiger charge is -2.20. The van der Waals surface area contributed by atoms with E-state index >= 15 is 0 Å². The molecule has 2 atom stereocenters. The number of carbonyl (C=O) groups excluding carboxylic acids is 1. The van der Waals surface area contributed by atoms with E-state index in [1.165, 1.54) is 6.08 Å². The van der Waals surface area contributed by atoms with E-state index in [2.05, 4.69) is 0 Å². The van der Waals surface area contributed by atoms with Crippen LogP contribution >= 0.6 is 0 Å². The molecule has 0 aromatic heterocycles. The molecule has 0 aliphatic carbocycles. The van der Waals surface area contributed by atoms with Gasteiger partial charge in [-0.3, -0.25) is 0 Å². The van der Waals surface area contributed by atoms with Crippen LogP contribution in [0.15, 0.2) is 97.1 Å². The average Bonchev–Trinajstić information content (AvgIpc) is 2.74. The Bertz CT molecular complexity index is 876. The van der Waals surface area contributed by atoms with E-state index < -0.39 is 18.2 Å². The zero-order valence-corrected chi connectivity index (χ0v) is 15.3. The van der Waals surface area contributed by atoms with Gasteiger partial charge >= 0.3 is 5.97 Å². The Morgan fingerprint density at radius 1 is 0.857 bits per heavy atom. The first-order chi connectivity index (χ1) is 13.7. The Labute approximate surface area is 164 Å². The number of ether oxygens (including phenoxy) is 2. The molecule has 0 radical (unpaired) electrons. The number of hydrogen-bond donors (Lipinski definition) is 1. The Balaban J connectivity index is 1.72. The fourth-order valence-corrected chi connectivity index (χ4v) is 2.60. The van der Waals surface area contributed by atoms with Crippen molar-refractivity contribution in [3.63, 3.8) is 0 Å². The Morgan fingerprint density at radius 3 is 2.07 bits per heavy atom. The fourth-order valence-electron chi connectivity index (χ4n) is 2.60. The first-order valence-electron chi connectivity index (χ1n) is 9.06. The molecule has 3 aromatic carbocycles. The van der Waals surface area contributed by atoms with Gasteiger partial charge in [0.15, 0.2) is 6.10 Å². The monoisotopic (exact) mass is 374 g/mol. The molecule has 0 saturated heterocycles. The van der Waals surface area contributed by atoms with E-state index in [-0.39, 0.29) is 6.61 Å². The molecule has 0 spiro atoms. The number of carbonyl (C=O) groups is 1. The van der Waals surface area contributed by atoms with Crippen molar-refractivity contribution in [1.82, 2.24) is 0 Å². The van der Waals surface area contributed by atoms with Crippen molar-refractivity contribution in [2.75, 3.05) is 0 Å². The van der Waals surface area contributed by atoms with Crippen LogP contribution in [-0.4, -0.2) is 23.3 Å². The van der Waals surface area contributed by atoms with Gasteiger partial charge in [0.1, 0.15) is 11.9 Å². The van der Waals surface area contributed by atoms with Gasteiger partial charge < -0.3 is 14.6 Å². The van der Waals surface area contributed by atoms with Crippen LogP contribution in [-0.2, 0) is 16.1 Å². The lowest BCUT2D eigenvalue weighted by Crippen LogP contribution is -2.38. The third-order valence-electron chi connectivity index (χ3n) is 4.06. The molecule has 0 heterocycles. The molecule has 28 heavy (non-hydrogen) atoms. The third-order valence-corrected chi connectivity index (χ3v) is 4.06. The van der Waals surface area contributed by atoms with Gasteiger partial charge in [0.2, 0.25) is 0 Å². The maximum atomic E-state index is 12.6. The van der Waals surface area contributed by atoms with E-state index in [9.17, 15) is 9.90 Å². The summed E-state index contributed by atoms with van der Waals surface area (Å²) >= 11 is 0. The van der Waals surface area contributed by atoms with Gasteiger partial charge in [-0.25, -0.2) is 4.79 Å². The van der Waals surface area contributed by atoms with Crippen LogP contribution in [0.4, 0.5) is 0 Å². The second kappa shape index (κ2) is 10.2. The quantitative estimate of drug-likeness (QED) is 0.473. The number of esters is 1. The number of para-hydroxylation sites is 1. The molecule has 3 aromatic rings. The van der Waals surface area contributed by atoms with Crippen LogP contribution in [0.2, 0.25) is 0 Å². The minimum Gasteiger partial charge on any atom is -0.425 e. The summed E-state index contributed by atoms with van der Waals surface area (Å²) < 4.78 is 11.1. The Kier molecular flexibility index (Phi) is 7.13. The van der Waals surface area contributed by atoms with Gasteiger partial charge in [0.05, 0.1) is 6.61 Å². The Morgan fingerprint density at radius 2 is 1.43 bits per heavy atom. The summed E-state index contributed by atoms with van der Waals surface area (Å²) in [4.78, 5) is 12.6. The molecular formula is C24H22O4. The summed E-state index contributed by atoms with van der Waals surface area (Å²) in [5, 5.41) is 10.6. The van der Waals surface area contributed by atoms with Crippen molar-refractivity contribution >= 4 is 12.0 Å². The van der Waals surface area contributed by atoms with Crippen molar-refractivity contribution in [3.05, 3.63) is 108 Å². The van der Waals surface area contributed by atoms with Crippen LogP contribution in [0.3, 0.4) is 0 Å². The zero-order valence-electron chi connectivity index (χ0n) is 15.3. The fraction of sp³-hybridized carbons (Fsp3) is 0.125. The summed E-state index contributed by atoms with van der Waals surface area (Å²) in [5.74, 6) is -0.243. The number of aliphatic hydroxyl groups is 1. The van der Waals surface area contributed by atoms with Gasteiger partial charge in [-0.1, -0.05) is 91.0 Å². The van der Waals surface area contributed by atoms with E-state index in [0.717, 1.165) is 11.1 Å². The molecule has 4 nitrogen and oxygen atoms in total. The predicted molar refractivity (Wildman–Crippen MR) is 109 cm³/mol. The Hall–Kier alpha value is -3.21. The number of hydrogen-bond acceptors (Lipinski definition) is 4. The van der Waals surface area contributed by atoms with Gasteiger partial charge in [-0.05, 0) is 23.3 Å². The molecule has 0 aliphatic rings. The highest BCUT2D eigenvalue weighted by Crippen LogP contribution is 2.15. The first kappa shape index (κ1) is 19.5. The molecule has 4 heteroatoms. The number of rotatable bonds is 8. The van der Waals surface area contributed by atoms with Crippen LogP contribution < -0.4 is 4.74 Å². The zero-order chi connectivity index (χ0) is 19.6. The number of benzene rings is 3. The molecule has 0 amide bonds. The van der Waals surface area contributed by atoms with Gasteiger partial charge in [-0.15, -0.1) is 0 Å². The van der Waals surface area contributed by atoms with E-state index in [4.69, 9.17) is 9.47 Å². The van der Waals surface area contributed by atoms with Crippen molar-refractivity contribution in [3.8, 4) is 5.75 Å². The van der Waals surface area contributed by atoms with Gasteiger partial charge in [-0.2, -0.15) is 0 Å². The minimum absolute atomic E-state index is 0.186. The normalized spacial score (nSPS) is 13.2. The van der Waals surface area contributed by atoms with Crippen LogP contribution in [0.25, 0.3) is 6.08 Å². The van der Waals surface area contributed by atoms with Crippen molar-refractivity contribution < 1.29 is 19.4 Å². The molecule has 0 fully saturated rings. The molecule has 142 valence electrons. The average molecular weight is 374 g/mol. The highest BCUT2D eigenvalue weighted by Gasteiger charge is 2.28. The third kappa shape index (κ3) is 5.91. The van der Waals surface area contributed by atoms with Crippen molar-refractivity contribution in [2.24, 2.45) is 0 Å².